The number of aromatic nitrogens is 1. The second-order valence-electron chi connectivity index (χ2n) is 2.67. The summed E-state index contributed by atoms with van der Waals surface area (Å²) in [6.07, 6.45) is 3.14. The van der Waals surface area contributed by atoms with Gasteiger partial charge in [0.2, 0.25) is 5.91 Å². The minimum absolute atomic E-state index is 0.0870. The van der Waals surface area contributed by atoms with Gasteiger partial charge in [-0.2, -0.15) is 0 Å². The first-order valence-corrected chi connectivity index (χ1v) is 4.12. The van der Waals surface area contributed by atoms with Crippen LogP contribution in [0.1, 0.15) is 18.0 Å². The van der Waals surface area contributed by atoms with Crippen molar-refractivity contribution in [1.82, 2.24) is 4.98 Å². The molecule has 0 saturated heterocycles. The number of carbonyl (C=O) groups excluding carboxylic acids is 1. The molecule has 4 nitrogen and oxygen atoms in total. The van der Waals surface area contributed by atoms with Crippen molar-refractivity contribution in [3.8, 4) is 0 Å². The van der Waals surface area contributed by atoms with Gasteiger partial charge < -0.3 is 11.5 Å². The maximum atomic E-state index is 10.6. The van der Waals surface area contributed by atoms with Gasteiger partial charge in [0.1, 0.15) is 0 Å². The minimum Gasteiger partial charge on any atom is -0.370 e. The van der Waals surface area contributed by atoms with E-state index in [9.17, 15) is 4.79 Å². The summed E-state index contributed by atoms with van der Waals surface area (Å²) >= 11 is 5.81. The summed E-state index contributed by atoms with van der Waals surface area (Å²) < 4.78 is 0. The van der Waals surface area contributed by atoms with E-state index < -0.39 is 11.9 Å². The highest BCUT2D eigenvalue weighted by Gasteiger charge is 2.11. The number of hydrogen-bond donors (Lipinski definition) is 2. The van der Waals surface area contributed by atoms with E-state index in [2.05, 4.69) is 4.98 Å². The number of rotatable bonds is 3. The summed E-state index contributed by atoms with van der Waals surface area (Å²) in [6, 6.07) is 1.23. The van der Waals surface area contributed by atoms with Crippen molar-refractivity contribution in [2.24, 2.45) is 11.5 Å². The first kappa shape index (κ1) is 9.95. The van der Waals surface area contributed by atoms with Gasteiger partial charge >= 0.3 is 0 Å². The van der Waals surface area contributed by atoms with Gasteiger partial charge in [-0.05, 0) is 11.6 Å². The lowest BCUT2D eigenvalue weighted by molar-refractivity contribution is -0.118. The monoisotopic (exact) mass is 199 g/mol. The predicted octanol–water partition coefficient (Wildman–Crippen LogP) is 0.610. The van der Waals surface area contributed by atoms with Crippen LogP contribution < -0.4 is 11.5 Å². The van der Waals surface area contributed by atoms with Crippen molar-refractivity contribution in [3.63, 3.8) is 0 Å². The number of amides is 1. The molecule has 0 aliphatic carbocycles. The van der Waals surface area contributed by atoms with Crippen LogP contribution in [0, 0.1) is 0 Å². The lowest BCUT2D eigenvalue weighted by Gasteiger charge is -2.10. The molecule has 0 aliphatic rings. The maximum Gasteiger partial charge on any atom is 0.219 e. The molecule has 0 bridgehead atoms. The third-order valence-corrected chi connectivity index (χ3v) is 1.94. The molecular formula is C8H10ClN3O. The highest BCUT2D eigenvalue weighted by Crippen LogP contribution is 2.21. The highest BCUT2D eigenvalue weighted by molar-refractivity contribution is 6.31. The van der Waals surface area contributed by atoms with E-state index in [4.69, 9.17) is 23.1 Å². The van der Waals surface area contributed by atoms with Crippen molar-refractivity contribution in [1.29, 1.82) is 0 Å². The zero-order chi connectivity index (χ0) is 9.84. The second kappa shape index (κ2) is 4.20. The lowest BCUT2D eigenvalue weighted by Crippen LogP contribution is -2.20. The van der Waals surface area contributed by atoms with E-state index in [1.165, 1.54) is 6.20 Å². The smallest absolute Gasteiger partial charge is 0.219 e. The average Bonchev–Trinajstić information content (AvgIpc) is 2.03. The molecule has 0 saturated carbocycles. The number of carbonyl (C=O) groups is 1. The normalized spacial score (nSPS) is 12.5. The van der Waals surface area contributed by atoms with Crippen LogP contribution in [0.2, 0.25) is 5.02 Å². The van der Waals surface area contributed by atoms with E-state index in [-0.39, 0.29) is 6.42 Å². The van der Waals surface area contributed by atoms with Crippen LogP contribution in [0.15, 0.2) is 18.5 Å². The van der Waals surface area contributed by atoms with Gasteiger partial charge in [0.05, 0.1) is 5.02 Å². The Morgan fingerprint density at radius 1 is 1.69 bits per heavy atom. The van der Waals surface area contributed by atoms with Crippen LogP contribution in [0.25, 0.3) is 0 Å². The molecule has 1 rings (SSSR count). The molecular weight excluding hydrogens is 190 g/mol. The van der Waals surface area contributed by atoms with Gasteiger partial charge in [0.15, 0.2) is 0 Å². The molecule has 0 aliphatic heterocycles. The molecule has 1 unspecified atom stereocenters. The Morgan fingerprint density at radius 3 is 2.92 bits per heavy atom. The summed E-state index contributed by atoms with van der Waals surface area (Å²) in [6.45, 7) is 0. The Bertz CT molecular complexity index is 316. The number of nitrogens with two attached hydrogens (primary N) is 2. The largest absolute Gasteiger partial charge is 0.370 e. The maximum absolute atomic E-state index is 10.6. The topological polar surface area (TPSA) is 82.0 Å². The number of halogens is 1. The number of nitrogens with zero attached hydrogens (tertiary/aromatic N) is 1. The van der Waals surface area contributed by atoms with Gasteiger partial charge in [-0.25, -0.2) is 0 Å². The molecule has 1 amide bonds. The van der Waals surface area contributed by atoms with Crippen LogP contribution in [0.4, 0.5) is 0 Å². The van der Waals surface area contributed by atoms with Crippen molar-refractivity contribution >= 4 is 17.5 Å². The zero-order valence-electron chi connectivity index (χ0n) is 6.90. The molecule has 0 aromatic carbocycles. The van der Waals surface area contributed by atoms with E-state index >= 15 is 0 Å². The standard InChI is InChI=1S/C8H10ClN3O/c9-6-4-12-2-1-5(6)7(10)3-8(11)13/h1-2,4,7H,3,10H2,(H2,11,13). The third-order valence-electron chi connectivity index (χ3n) is 1.62. The predicted molar refractivity (Wildman–Crippen MR) is 50.0 cm³/mol. The number of primary amides is 1. The summed E-state index contributed by atoms with van der Waals surface area (Å²) in [5, 5.41) is 0.455. The molecule has 1 aromatic heterocycles. The Labute approximate surface area is 80.9 Å². The van der Waals surface area contributed by atoms with Gasteiger partial charge in [0.25, 0.3) is 0 Å². The quantitative estimate of drug-likeness (QED) is 0.749. The fraction of sp³-hybridized carbons (Fsp3) is 0.250. The van der Waals surface area contributed by atoms with Gasteiger partial charge in [-0.1, -0.05) is 11.6 Å². The van der Waals surface area contributed by atoms with E-state index in [0.29, 0.717) is 10.6 Å². The summed E-state index contributed by atoms with van der Waals surface area (Å²) in [5.41, 5.74) is 11.4. The molecule has 70 valence electrons. The minimum atomic E-state index is -0.451. The van der Waals surface area contributed by atoms with Crippen LogP contribution in [0.5, 0.6) is 0 Å². The fourth-order valence-electron chi connectivity index (χ4n) is 1.01. The van der Waals surface area contributed by atoms with Crippen LogP contribution in [-0.2, 0) is 4.79 Å². The molecule has 1 atom stereocenters. The van der Waals surface area contributed by atoms with E-state index in [0.717, 1.165) is 0 Å². The summed E-state index contributed by atoms with van der Waals surface area (Å²) in [5.74, 6) is -0.444. The Kier molecular flexibility index (Phi) is 3.22. The Balaban J connectivity index is 2.82. The average molecular weight is 200 g/mol. The van der Waals surface area contributed by atoms with Gasteiger partial charge in [-0.15, -0.1) is 0 Å². The van der Waals surface area contributed by atoms with Crippen molar-refractivity contribution in [2.45, 2.75) is 12.5 Å². The zero-order valence-corrected chi connectivity index (χ0v) is 7.66. The SMILES string of the molecule is NC(=O)CC(N)c1ccncc1Cl. The molecule has 1 aromatic rings. The Morgan fingerprint density at radius 2 is 2.38 bits per heavy atom. The molecule has 5 heteroatoms. The lowest BCUT2D eigenvalue weighted by atomic mass is 10.1. The first-order chi connectivity index (χ1) is 6.11. The van der Waals surface area contributed by atoms with Crippen LogP contribution >= 0.6 is 11.6 Å². The van der Waals surface area contributed by atoms with E-state index in [1.807, 2.05) is 0 Å². The summed E-state index contributed by atoms with van der Waals surface area (Å²) in [4.78, 5) is 14.4. The first-order valence-electron chi connectivity index (χ1n) is 3.74. The molecule has 0 radical (unpaired) electrons. The number of hydrogen-bond acceptors (Lipinski definition) is 3. The Hall–Kier alpha value is -1.13. The molecule has 4 N–H and O–H groups in total. The van der Waals surface area contributed by atoms with Crippen molar-refractivity contribution < 1.29 is 4.79 Å². The van der Waals surface area contributed by atoms with E-state index in [1.54, 1.807) is 12.3 Å². The number of pyridine rings is 1. The third kappa shape index (κ3) is 2.68. The van der Waals surface area contributed by atoms with Gasteiger partial charge in [0, 0.05) is 24.9 Å². The highest BCUT2D eigenvalue weighted by atomic mass is 35.5. The molecule has 13 heavy (non-hydrogen) atoms. The van der Waals surface area contributed by atoms with Gasteiger partial charge in [-0.3, -0.25) is 9.78 Å². The summed E-state index contributed by atoms with van der Waals surface area (Å²) in [7, 11) is 0. The van der Waals surface area contributed by atoms with Crippen LogP contribution in [0.3, 0.4) is 0 Å². The second-order valence-corrected chi connectivity index (χ2v) is 3.08. The fourth-order valence-corrected chi connectivity index (χ4v) is 1.27. The van der Waals surface area contributed by atoms with Crippen molar-refractivity contribution in [2.75, 3.05) is 0 Å². The van der Waals surface area contributed by atoms with Crippen LogP contribution in [-0.4, -0.2) is 10.9 Å². The molecule has 0 fully saturated rings. The molecule has 1 heterocycles. The van der Waals surface area contributed by atoms with Crippen molar-refractivity contribution in [3.05, 3.63) is 29.0 Å². The molecule has 0 spiro atoms.